The van der Waals surface area contributed by atoms with Gasteiger partial charge in [0.15, 0.2) is 0 Å². The fourth-order valence-electron chi connectivity index (χ4n) is 1.97. The normalized spacial score (nSPS) is 10.3. The largest absolute Gasteiger partial charge is 0.493 e. The maximum atomic E-state index is 11.4. The highest BCUT2D eigenvalue weighted by atomic mass is 16.5. The Hall–Kier alpha value is -2.17. The Morgan fingerprint density at radius 3 is 2.75 bits per heavy atom. The van der Waals surface area contributed by atoms with Gasteiger partial charge in [-0.25, -0.2) is 4.79 Å². The number of benzene rings is 1. The molecule has 0 bridgehead atoms. The molecule has 0 fully saturated rings. The van der Waals surface area contributed by atoms with Crippen LogP contribution in [0.1, 0.15) is 45.6 Å². The molecule has 0 spiro atoms. The van der Waals surface area contributed by atoms with Gasteiger partial charge in [-0.05, 0) is 38.5 Å². The van der Waals surface area contributed by atoms with Gasteiger partial charge in [-0.15, -0.1) is 0 Å². The van der Waals surface area contributed by atoms with E-state index in [9.17, 15) is 4.79 Å². The summed E-state index contributed by atoms with van der Waals surface area (Å²) in [4.78, 5) is 11.4. The Kier molecular flexibility index (Phi) is 9.42. The van der Waals surface area contributed by atoms with Crippen LogP contribution in [0.4, 0.5) is 4.79 Å². The second-order valence-corrected chi connectivity index (χ2v) is 5.69. The fourth-order valence-corrected chi connectivity index (χ4v) is 1.97. The quantitative estimate of drug-likeness (QED) is 0.609. The molecule has 1 N–H and O–H groups in total. The van der Waals surface area contributed by atoms with E-state index in [2.05, 4.69) is 18.8 Å². The second-order valence-electron chi connectivity index (χ2n) is 5.69. The standard InChI is InChI=1S/C19H29NO4/c1-5-7-11-20-19(21)23-13-8-12-22-17-9-10-18(24-15(3)4)16(6-2)14-17/h6,9-10,14-15H,2,5,7-8,11-13H2,1,3-4H3,(H,20,21). The number of carbonyl (C=O) groups excluding carboxylic acids is 1. The zero-order chi connectivity index (χ0) is 17.8. The summed E-state index contributed by atoms with van der Waals surface area (Å²) in [6, 6.07) is 5.63. The molecule has 0 aliphatic carbocycles. The molecule has 1 aromatic rings. The summed E-state index contributed by atoms with van der Waals surface area (Å²) in [5.74, 6) is 1.54. The predicted octanol–water partition coefficient (Wildman–Crippen LogP) is 4.41. The first kappa shape index (κ1) is 19.9. The van der Waals surface area contributed by atoms with E-state index >= 15 is 0 Å². The van der Waals surface area contributed by atoms with Crippen molar-refractivity contribution in [2.45, 2.75) is 46.1 Å². The first-order valence-corrected chi connectivity index (χ1v) is 8.53. The molecule has 0 saturated carbocycles. The molecule has 1 rings (SSSR count). The van der Waals surface area contributed by atoms with Crippen molar-refractivity contribution < 1.29 is 19.0 Å². The smallest absolute Gasteiger partial charge is 0.407 e. The topological polar surface area (TPSA) is 56.8 Å². The molecule has 5 nitrogen and oxygen atoms in total. The highest BCUT2D eigenvalue weighted by Gasteiger charge is 2.06. The molecule has 1 aromatic carbocycles. The molecule has 5 heteroatoms. The van der Waals surface area contributed by atoms with Crippen LogP contribution >= 0.6 is 0 Å². The summed E-state index contributed by atoms with van der Waals surface area (Å²) in [5.41, 5.74) is 0.896. The summed E-state index contributed by atoms with van der Waals surface area (Å²) < 4.78 is 16.5. The SMILES string of the molecule is C=Cc1cc(OCCCOC(=O)NCCCC)ccc1OC(C)C. The first-order chi connectivity index (χ1) is 11.6. The van der Waals surface area contributed by atoms with Crippen molar-refractivity contribution in [3.05, 3.63) is 30.3 Å². The molecule has 0 aliphatic rings. The second kappa shape index (κ2) is 11.4. The van der Waals surface area contributed by atoms with Gasteiger partial charge in [0.2, 0.25) is 0 Å². The molecule has 134 valence electrons. The molecular formula is C19H29NO4. The zero-order valence-corrected chi connectivity index (χ0v) is 15.0. The Balaban J connectivity index is 2.30. The van der Waals surface area contributed by atoms with Crippen molar-refractivity contribution in [3.8, 4) is 11.5 Å². The molecule has 0 atom stereocenters. The number of carbonyl (C=O) groups is 1. The van der Waals surface area contributed by atoms with Gasteiger partial charge in [0, 0.05) is 18.5 Å². The van der Waals surface area contributed by atoms with Crippen molar-refractivity contribution in [2.75, 3.05) is 19.8 Å². The van der Waals surface area contributed by atoms with Crippen molar-refractivity contribution in [1.82, 2.24) is 5.32 Å². The van der Waals surface area contributed by atoms with E-state index < -0.39 is 0 Å². The lowest BCUT2D eigenvalue weighted by molar-refractivity contribution is 0.137. The Bertz CT molecular complexity index is 514. The van der Waals surface area contributed by atoms with Crippen LogP contribution in [0, 0.1) is 0 Å². The number of ether oxygens (including phenoxy) is 3. The van der Waals surface area contributed by atoms with Crippen molar-refractivity contribution in [2.24, 2.45) is 0 Å². The Morgan fingerprint density at radius 1 is 1.29 bits per heavy atom. The third-order valence-corrected chi connectivity index (χ3v) is 3.15. The average Bonchev–Trinajstić information content (AvgIpc) is 2.55. The van der Waals surface area contributed by atoms with E-state index in [0.717, 1.165) is 29.9 Å². The minimum Gasteiger partial charge on any atom is -0.493 e. The van der Waals surface area contributed by atoms with Gasteiger partial charge in [0.25, 0.3) is 0 Å². The van der Waals surface area contributed by atoms with Crippen molar-refractivity contribution in [3.63, 3.8) is 0 Å². The number of hydrogen-bond acceptors (Lipinski definition) is 4. The molecule has 0 saturated heterocycles. The van der Waals surface area contributed by atoms with Crippen molar-refractivity contribution in [1.29, 1.82) is 0 Å². The third-order valence-electron chi connectivity index (χ3n) is 3.15. The lowest BCUT2D eigenvalue weighted by Gasteiger charge is -2.14. The van der Waals surface area contributed by atoms with E-state index in [1.807, 2.05) is 32.0 Å². The number of hydrogen-bond donors (Lipinski definition) is 1. The molecule has 0 aliphatic heterocycles. The van der Waals surface area contributed by atoms with E-state index in [0.29, 0.717) is 26.2 Å². The maximum absolute atomic E-state index is 11.4. The molecular weight excluding hydrogens is 306 g/mol. The minimum atomic E-state index is -0.368. The summed E-state index contributed by atoms with van der Waals surface area (Å²) in [5, 5.41) is 2.70. The van der Waals surface area contributed by atoms with Crippen LogP contribution in [0.15, 0.2) is 24.8 Å². The molecule has 1 amide bonds. The van der Waals surface area contributed by atoms with E-state index in [1.165, 1.54) is 0 Å². The zero-order valence-electron chi connectivity index (χ0n) is 15.0. The van der Waals surface area contributed by atoms with Gasteiger partial charge < -0.3 is 19.5 Å². The summed E-state index contributed by atoms with van der Waals surface area (Å²) in [7, 11) is 0. The Labute approximate surface area is 145 Å². The van der Waals surface area contributed by atoms with Crippen LogP contribution in [0.25, 0.3) is 6.08 Å². The van der Waals surface area contributed by atoms with Gasteiger partial charge in [-0.1, -0.05) is 26.0 Å². The molecule has 0 unspecified atom stereocenters. The monoisotopic (exact) mass is 335 g/mol. The van der Waals surface area contributed by atoms with Crippen LogP contribution in [-0.4, -0.2) is 32.0 Å². The van der Waals surface area contributed by atoms with E-state index in [-0.39, 0.29) is 12.2 Å². The predicted molar refractivity (Wildman–Crippen MR) is 96.7 cm³/mol. The van der Waals surface area contributed by atoms with Gasteiger partial charge >= 0.3 is 6.09 Å². The third kappa shape index (κ3) is 7.90. The number of nitrogens with one attached hydrogen (secondary N) is 1. The lowest BCUT2D eigenvalue weighted by atomic mass is 10.2. The summed E-state index contributed by atoms with van der Waals surface area (Å²) in [6.07, 6.45) is 4.12. The highest BCUT2D eigenvalue weighted by molar-refractivity contribution is 5.66. The van der Waals surface area contributed by atoms with Gasteiger partial charge in [0.05, 0.1) is 19.3 Å². The molecule has 24 heavy (non-hydrogen) atoms. The van der Waals surface area contributed by atoms with Crippen LogP contribution < -0.4 is 14.8 Å². The molecule has 0 radical (unpaired) electrons. The highest BCUT2D eigenvalue weighted by Crippen LogP contribution is 2.26. The van der Waals surface area contributed by atoms with Crippen LogP contribution in [0.3, 0.4) is 0 Å². The van der Waals surface area contributed by atoms with E-state index in [1.54, 1.807) is 6.08 Å². The Morgan fingerprint density at radius 2 is 2.08 bits per heavy atom. The van der Waals surface area contributed by atoms with Gasteiger partial charge in [0.1, 0.15) is 11.5 Å². The van der Waals surface area contributed by atoms with Crippen LogP contribution in [0.5, 0.6) is 11.5 Å². The number of unbranched alkanes of at least 4 members (excludes halogenated alkanes) is 1. The number of rotatable bonds is 11. The van der Waals surface area contributed by atoms with Crippen LogP contribution in [0.2, 0.25) is 0 Å². The molecule has 0 heterocycles. The maximum Gasteiger partial charge on any atom is 0.407 e. The minimum absolute atomic E-state index is 0.107. The summed E-state index contributed by atoms with van der Waals surface area (Å²) >= 11 is 0. The first-order valence-electron chi connectivity index (χ1n) is 8.53. The lowest BCUT2D eigenvalue weighted by Crippen LogP contribution is -2.25. The number of amides is 1. The summed E-state index contributed by atoms with van der Waals surface area (Å²) in [6.45, 7) is 11.3. The van der Waals surface area contributed by atoms with Gasteiger partial charge in [-0.2, -0.15) is 0 Å². The fraction of sp³-hybridized carbons (Fsp3) is 0.526. The van der Waals surface area contributed by atoms with Crippen LogP contribution in [-0.2, 0) is 4.74 Å². The molecule has 0 aromatic heterocycles. The van der Waals surface area contributed by atoms with Gasteiger partial charge in [-0.3, -0.25) is 0 Å². The van der Waals surface area contributed by atoms with Crippen molar-refractivity contribution >= 4 is 12.2 Å². The average molecular weight is 335 g/mol. The van der Waals surface area contributed by atoms with E-state index in [4.69, 9.17) is 14.2 Å². The number of alkyl carbamates (subject to hydrolysis) is 1.